The summed E-state index contributed by atoms with van der Waals surface area (Å²) < 4.78 is 13.5. The first-order valence-electron chi connectivity index (χ1n) is 6.66. The van der Waals surface area contributed by atoms with E-state index < -0.39 is 5.82 Å². The van der Waals surface area contributed by atoms with Gasteiger partial charge >= 0.3 is 6.03 Å². The number of nitrogens with one attached hydrogen (secondary N) is 2. The molecule has 0 atom stereocenters. The zero-order chi connectivity index (χ0) is 14.4. The monoisotopic (exact) mass is 276 g/mol. The maximum atomic E-state index is 13.5. The zero-order valence-corrected chi connectivity index (χ0v) is 11.1. The highest BCUT2D eigenvalue weighted by Crippen LogP contribution is 2.18. The highest BCUT2D eigenvalue weighted by atomic mass is 19.1. The number of carbonyl (C=O) groups is 1. The van der Waals surface area contributed by atoms with Crippen molar-refractivity contribution in [3.05, 3.63) is 29.6 Å². The van der Waals surface area contributed by atoms with Crippen molar-refractivity contribution in [2.75, 3.05) is 11.9 Å². The number of amides is 2. The fourth-order valence-corrected chi connectivity index (χ4v) is 1.82. The lowest BCUT2D eigenvalue weighted by Gasteiger charge is -2.26. The van der Waals surface area contributed by atoms with E-state index in [2.05, 4.69) is 22.5 Å². The summed E-state index contributed by atoms with van der Waals surface area (Å²) in [5.41, 5.74) is 0.705. The van der Waals surface area contributed by atoms with Crippen molar-refractivity contribution in [2.24, 2.45) is 0 Å². The van der Waals surface area contributed by atoms with Crippen LogP contribution in [-0.2, 0) is 0 Å². The van der Waals surface area contributed by atoms with Crippen molar-refractivity contribution in [1.29, 1.82) is 0 Å². The maximum Gasteiger partial charge on any atom is 0.319 e. The minimum Gasteiger partial charge on any atom is -0.395 e. The molecule has 1 aromatic carbocycles. The number of halogens is 1. The lowest BCUT2D eigenvalue weighted by molar-refractivity contribution is 0.240. The SMILES string of the molecule is O=C(Nc1ccc(F)c(C#CCCO)c1)NC1CCC1. The number of hydrogen-bond donors (Lipinski definition) is 3. The third-order valence-corrected chi connectivity index (χ3v) is 3.12. The highest BCUT2D eigenvalue weighted by molar-refractivity contribution is 5.89. The summed E-state index contributed by atoms with van der Waals surface area (Å²) in [6.07, 6.45) is 3.45. The van der Waals surface area contributed by atoms with Gasteiger partial charge in [-0.1, -0.05) is 11.8 Å². The van der Waals surface area contributed by atoms with Crippen molar-refractivity contribution in [1.82, 2.24) is 5.32 Å². The van der Waals surface area contributed by atoms with Crippen molar-refractivity contribution < 1.29 is 14.3 Å². The Bertz CT molecular complexity index is 545. The Kier molecular flexibility index (Phi) is 4.97. The summed E-state index contributed by atoms with van der Waals surface area (Å²) >= 11 is 0. The zero-order valence-electron chi connectivity index (χ0n) is 11.1. The second-order valence-electron chi connectivity index (χ2n) is 4.70. The van der Waals surface area contributed by atoms with Crippen molar-refractivity contribution >= 4 is 11.7 Å². The third-order valence-electron chi connectivity index (χ3n) is 3.12. The van der Waals surface area contributed by atoms with E-state index >= 15 is 0 Å². The van der Waals surface area contributed by atoms with E-state index in [1.165, 1.54) is 18.2 Å². The molecule has 1 saturated carbocycles. The predicted molar refractivity (Wildman–Crippen MR) is 74.8 cm³/mol. The Morgan fingerprint density at radius 1 is 1.45 bits per heavy atom. The number of urea groups is 1. The first-order chi connectivity index (χ1) is 9.69. The lowest BCUT2D eigenvalue weighted by atomic mass is 9.93. The molecule has 0 radical (unpaired) electrons. The Balaban J connectivity index is 1.99. The van der Waals surface area contributed by atoms with Gasteiger partial charge in [-0.05, 0) is 37.5 Å². The van der Waals surface area contributed by atoms with Gasteiger partial charge < -0.3 is 15.7 Å². The van der Waals surface area contributed by atoms with E-state index in [4.69, 9.17) is 5.11 Å². The molecule has 0 bridgehead atoms. The molecule has 0 spiro atoms. The van der Waals surface area contributed by atoms with Gasteiger partial charge in [0.1, 0.15) is 5.82 Å². The van der Waals surface area contributed by atoms with Gasteiger partial charge in [-0.25, -0.2) is 9.18 Å². The van der Waals surface area contributed by atoms with E-state index in [0.717, 1.165) is 19.3 Å². The van der Waals surface area contributed by atoms with Crippen molar-refractivity contribution in [3.8, 4) is 11.8 Å². The van der Waals surface area contributed by atoms with Gasteiger partial charge in [0.05, 0.1) is 12.2 Å². The number of benzene rings is 1. The second kappa shape index (κ2) is 6.92. The molecular weight excluding hydrogens is 259 g/mol. The molecule has 2 rings (SSSR count). The van der Waals surface area contributed by atoms with E-state index in [1.807, 2.05) is 0 Å². The number of carbonyl (C=O) groups excluding carboxylic acids is 1. The van der Waals surface area contributed by atoms with Crippen LogP contribution in [0.3, 0.4) is 0 Å². The van der Waals surface area contributed by atoms with Crippen LogP contribution in [0.2, 0.25) is 0 Å². The lowest BCUT2D eigenvalue weighted by Crippen LogP contribution is -2.41. The van der Waals surface area contributed by atoms with Gasteiger partial charge in [0.2, 0.25) is 0 Å². The maximum absolute atomic E-state index is 13.5. The number of rotatable bonds is 3. The molecule has 1 aliphatic carbocycles. The Hall–Kier alpha value is -2.06. The van der Waals surface area contributed by atoms with Crippen LogP contribution in [0.1, 0.15) is 31.2 Å². The number of aliphatic hydroxyl groups is 1. The highest BCUT2D eigenvalue weighted by Gasteiger charge is 2.19. The number of aliphatic hydroxyl groups excluding tert-OH is 1. The van der Waals surface area contributed by atoms with Gasteiger partial charge in [0.25, 0.3) is 0 Å². The van der Waals surface area contributed by atoms with Gasteiger partial charge in [0, 0.05) is 18.2 Å². The average Bonchev–Trinajstić information content (AvgIpc) is 2.38. The molecule has 1 aliphatic rings. The summed E-state index contributed by atoms with van der Waals surface area (Å²) in [6.45, 7) is -0.0592. The molecule has 0 aromatic heterocycles. The normalized spacial score (nSPS) is 13.9. The topological polar surface area (TPSA) is 61.4 Å². The molecule has 4 nitrogen and oxygen atoms in total. The Morgan fingerprint density at radius 2 is 2.25 bits per heavy atom. The minimum atomic E-state index is -0.444. The van der Waals surface area contributed by atoms with Crippen LogP contribution < -0.4 is 10.6 Å². The summed E-state index contributed by atoms with van der Waals surface area (Å²) in [5.74, 6) is 4.84. The number of anilines is 1. The number of hydrogen-bond acceptors (Lipinski definition) is 2. The fraction of sp³-hybridized carbons (Fsp3) is 0.400. The molecule has 3 N–H and O–H groups in total. The van der Waals surface area contributed by atoms with Crippen LogP contribution in [0.4, 0.5) is 14.9 Å². The summed E-state index contributed by atoms with van der Waals surface area (Å²) in [6, 6.07) is 4.21. The second-order valence-corrected chi connectivity index (χ2v) is 4.70. The smallest absolute Gasteiger partial charge is 0.319 e. The molecule has 0 saturated heterocycles. The summed E-state index contributed by atoms with van der Waals surface area (Å²) in [5, 5.41) is 14.1. The molecule has 20 heavy (non-hydrogen) atoms. The molecule has 0 aliphatic heterocycles. The van der Waals surface area contributed by atoms with Crippen LogP contribution in [0.5, 0.6) is 0 Å². The first kappa shape index (κ1) is 14.4. The fourth-order valence-electron chi connectivity index (χ4n) is 1.82. The van der Waals surface area contributed by atoms with E-state index in [0.29, 0.717) is 12.1 Å². The van der Waals surface area contributed by atoms with Crippen molar-refractivity contribution in [3.63, 3.8) is 0 Å². The quantitative estimate of drug-likeness (QED) is 0.741. The predicted octanol–water partition coefficient (Wildman–Crippen LogP) is 2.23. The van der Waals surface area contributed by atoms with Gasteiger partial charge in [0.15, 0.2) is 0 Å². The molecule has 0 unspecified atom stereocenters. The van der Waals surface area contributed by atoms with Crippen LogP contribution in [0.15, 0.2) is 18.2 Å². The molecule has 0 heterocycles. The summed E-state index contributed by atoms with van der Waals surface area (Å²) in [4.78, 5) is 11.7. The molecular formula is C15H17FN2O2. The first-order valence-corrected chi connectivity index (χ1v) is 6.66. The van der Waals surface area contributed by atoms with Gasteiger partial charge in [-0.3, -0.25) is 0 Å². The molecule has 2 amide bonds. The van der Waals surface area contributed by atoms with Crippen molar-refractivity contribution in [2.45, 2.75) is 31.7 Å². The molecule has 1 aromatic rings. The third kappa shape index (κ3) is 3.97. The Labute approximate surface area is 117 Å². The van der Waals surface area contributed by atoms with Crippen LogP contribution in [-0.4, -0.2) is 23.8 Å². The average molecular weight is 276 g/mol. The standard InChI is InChI=1S/C15H17FN2O2/c16-14-8-7-13(10-11(14)4-1-2-9-19)18-15(20)17-12-5-3-6-12/h7-8,10,12,19H,2-3,5-6,9H2,(H2,17,18,20). The largest absolute Gasteiger partial charge is 0.395 e. The Morgan fingerprint density at radius 3 is 2.90 bits per heavy atom. The van der Waals surface area contributed by atoms with Gasteiger partial charge in [-0.15, -0.1) is 0 Å². The van der Waals surface area contributed by atoms with Crippen LogP contribution in [0, 0.1) is 17.7 Å². The molecule has 1 fully saturated rings. The van der Waals surface area contributed by atoms with Crippen LogP contribution in [0.25, 0.3) is 0 Å². The van der Waals surface area contributed by atoms with E-state index in [-0.39, 0.29) is 24.2 Å². The van der Waals surface area contributed by atoms with E-state index in [9.17, 15) is 9.18 Å². The van der Waals surface area contributed by atoms with E-state index in [1.54, 1.807) is 0 Å². The molecule has 5 heteroatoms. The summed E-state index contributed by atoms with van der Waals surface area (Å²) in [7, 11) is 0. The minimum absolute atomic E-state index is 0.0592. The van der Waals surface area contributed by atoms with Gasteiger partial charge in [-0.2, -0.15) is 0 Å². The van der Waals surface area contributed by atoms with Crippen LogP contribution >= 0.6 is 0 Å². The molecule has 106 valence electrons.